The third kappa shape index (κ3) is 19.0. The van der Waals surface area contributed by atoms with Crippen molar-refractivity contribution in [1.29, 1.82) is 0 Å². The maximum absolute atomic E-state index is 5.63. The second-order valence-corrected chi connectivity index (χ2v) is 5.61. The molecule has 0 fully saturated rings. The lowest BCUT2D eigenvalue weighted by Gasteiger charge is -1.90. The van der Waals surface area contributed by atoms with Gasteiger partial charge in [-0.1, -0.05) is 67.7 Å². The van der Waals surface area contributed by atoms with Crippen LogP contribution in [0.3, 0.4) is 0 Å². The summed E-state index contributed by atoms with van der Waals surface area (Å²) in [6.45, 7) is 2.16. The van der Waals surface area contributed by atoms with E-state index < -0.39 is 0 Å². The van der Waals surface area contributed by atoms with E-state index in [-0.39, 0.29) is 0 Å². The zero-order valence-corrected chi connectivity index (χ0v) is 15.0. The van der Waals surface area contributed by atoms with Crippen LogP contribution < -0.4 is 0 Å². The highest BCUT2D eigenvalue weighted by molar-refractivity contribution is 6.17. The highest BCUT2D eigenvalue weighted by atomic mass is 35.5. The summed E-state index contributed by atoms with van der Waals surface area (Å²) in [7, 11) is 0. The summed E-state index contributed by atoms with van der Waals surface area (Å²) >= 11 is 5.63. The second-order valence-electron chi connectivity index (χ2n) is 5.23. The molecule has 0 saturated heterocycles. The van der Waals surface area contributed by atoms with Crippen LogP contribution in [0, 0.1) is 0 Å². The number of rotatable bonds is 14. The molecule has 0 aliphatic rings. The molecule has 0 atom stereocenters. The van der Waals surface area contributed by atoms with Crippen molar-refractivity contribution in [2.75, 3.05) is 5.88 Å². The van der Waals surface area contributed by atoms with Crippen molar-refractivity contribution in [1.82, 2.24) is 0 Å². The van der Waals surface area contributed by atoms with Crippen LogP contribution in [-0.4, -0.2) is 5.88 Å². The predicted molar refractivity (Wildman–Crippen MR) is 104 cm³/mol. The number of alkyl halides is 1. The fraction of sp³-hybridized carbons (Fsp3) is 0.524. The van der Waals surface area contributed by atoms with Crippen molar-refractivity contribution in [2.24, 2.45) is 0 Å². The van der Waals surface area contributed by atoms with Crippen molar-refractivity contribution in [3.05, 3.63) is 60.8 Å². The van der Waals surface area contributed by atoms with Crippen LogP contribution in [0.1, 0.15) is 64.7 Å². The highest BCUT2D eigenvalue weighted by Crippen LogP contribution is 2.00. The Morgan fingerprint density at radius 2 is 1.00 bits per heavy atom. The standard InChI is InChI=1S/C21H33Cl/c1-2-3-4-5-6-7-8-9-10-11-12-13-14-15-16-17-18-19-20-21-22/h3-4,6-7,9-10,13-14,16-17H,2,5,8,11-12,15,18-21H2,1H3. The van der Waals surface area contributed by atoms with E-state index in [0.717, 1.165) is 57.2 Å². The number of allylic oxidation sites excluding steroid dienone is 10. The first-order valence-corrected chi connectivity index (χ1v) is 9.26. The van der Waals surface area contributed by atoms with Gasteiger partial charge < -0.3 is 0 Å². The van der Waals surface area contributed by atoms with Gasteiger partial charge in [0.1, 0.15) is 0 Å². The largest absolute Gasteiger partial charge is 0.127 e. The van der Waals surface area contributed by atoms with Crippen molar-refractivity contribution in [3.8, 4) is 0 Å². The molecule has 1 heteroatoms. The van der Waals surface area contributed by atoms with Gasteiger partial charge in [0.15, 0.2) is 0 Å². The smallest absolute Gasteiger partial charge is 0.0223 e. The molecular weight excluding hydrogens is 288 g/mol. The molecule has 0 nitrogen and oxygen atoms in total. The molecule has 0 saturated carbocycles. The minimum Gasteiger partial charge on any atom is -0.127 e. The third-order valence-corrected chi connectivity index (χ3v) is 3.41. The van der Waals surface area contributed by atoms with Gasteiger partial charge in [0.2, 0.25) is 0 Å². The van der Waals surface area contributed by atoms with Crippen molar-refractivity contribution < 1.29 is 0 Å². The van der Waals surface area contributed by atoms with Crippen molar-refractivity contribution in [2.45, 2.75) is 64.7 Å². The molecule has 0 aliphatic carbocycles. The molecule has 0 unspecified atom stereocenters. The number of unbranched alkanes of at least 4 members (excludes halogenated alkanes) is 3. The zero-order valence-electron chi connectivity index (χ0n) is 14.2. The fourth-order valence-electron chi connectivity index (χ4n) is 1.88. The van der Waals surface area contributed by atoms with Gasteiger partial charge in [0.25, 0.3) is 0 Å². The first-order valence-electron chi connectivity index (χ1n) is 8.72. The van der Waals surface area contributed by atoms with Crippen molar-refractivity contribution >= 4 is 11.6 Å². The van der Waals surface area contributed by atoms with Gasteiger partial charge >= 0.3 is 0 Å². The van der Waals surface area contributed by atoms with Crippen LogP contribution in [0.5, 0.6) is 0 Å². The molecule has 0 amide bonds. The molecule has 0 radical (unpaired) electrons. The van der Waals surface area contributed by atoms with Crippen LogP contribution in [0.2, 0.25) is 0 Å². The van der Waals surface area contributed by atoms with E-state index in [1.54, 1.807) is 0 Å². The first-order chi connectivity index (χ1) is 10.9. The molecule has 0 aromatic heterocycles. The molecule has 0 aliphatic heterocycles. The van der Waals surface area contributed by atoms with Gasteiger partial charge in [0.05, 0.1) is 0 Å². The van der Waals surface area contributed by atoms with E-state index >= 15 is 0 Å². The summed E-state index contributed by atoms with van der Waals surface area (Å²) < 4.78 is 0. The maximum atomic E-state index is 5.63. The minimum atomic E-state index is 0.785. The van der Waals surface area contributed by atoms with Crippen LogP contribution in [0.15, 0.2) is 60.8 Å². The monoisotopic (exact) mass is 320 g/mol. The molecular formula is C21H33Cl. The van der Waals surface area contributed by atoms with Gasteiger partial charge in [-0.05, 0) is 57.8 Å². The lowest BCUT2D eigenvalue weighted by atomic mass is 10.2. The van der Waals surface area contributed by atoms with Crippen molar-refractivity contribution in [3.63, 3.8) is 0 Å². The summed E-state index contributed by atoms with van der Waals surface area (Å²) in [4.78, 5) is 0. The Morgan fingerprint density at radius 3 is 1.50 bits per heavy atom. The topological polar surface area (TPSA) is 0 Å². The molecule has 0 spiro atoms. The molecule has 0 rings (SSSR count). The van der Waals surface area contributed by atoms with E-state index in [1.807, 2.05) is 0 Å². The first kappa shape index (κ1) is 21.0. The Labute approximate surface area is 143 Å². The average molecular weight is 321 g/mol. The number of hydrogen-bond donors (Lipinski definition) is 0. The highest BCUT2D eigenvalue weighted by Gasteiger charge is 1.82. The predicted octanol–water partition coefficient (Wildman–Crippen LogP) is 7.54. The Kier molecular flexibility index (Phi) is 19.1. The maximum Gasteiger partial charge on any atom is 0.0223 e. The fourth-order valence-corrected chi connectivity index (χ4v) is 2.07. The summed E-state index contributed by atoms with van der Waals surface area (Å²) in [5.74, 6) is 0.785. The lowest BCUT2D eigenvalue weighted by molar-refractivity contribution is 0.818. The van der Waals surface area contributed by atoms with E-state index in [9.17, 15) is 0 Å². The summed E-state index contributed by atoms with van der Waals surface area (Å²) in [6, 6.07) is 0. The van der Waals surface area contributed by atoms with Gasteiger partial charge in [-0.3, -0.25) is 0 Å². The minimum absolute atomic E-state index is 0.785. The third-order valence-electron chi connectivity index (χ3n) is 3.14. The van der Waals surface area contributed by atoms with Gasteiger partial charge in [-0.25, -0.2) is 0 Å². The molecule has 0 N–H and O–H groups in total. The van der Waals surface area contributed by atoms with E-state index in [2.05, 4.69) is 67.7 Å². The van der Waals surface area contributed by atoms with E-state index in [4.69, 9.17) is 11.6 Å². The zero-order chi connectivity index (χ0) is 16.1. The average Bonchev–Trinajstić information content (AvgIpc) is 2.54. The summed E-state index contributed by atoms with van der Waals surface area (Å²) in [6.07, 6.45) is 32.5. The molecule has 22 heavy (non-hydrogen) atoms. The van der Waals surface area contributed by atoms with Gasteiger partial charge in [-0.15, -0.1) is 11.6 Å². The van der Waals surface area contributed by atoms with Gasteiger partial charge in [0, 0.05) is 5.88 Å². The second kappa shape index (κ2) is 20.0. The Morgan fingerprint density at radius 1 is 0.545 bits per heavy atom. The number of hydrogen-bond acceptors (Lipinski definition) is 0. The van der Waals surface area contributed by atoms with Gasteiger partial charge in [-0.2, -0.15) is 0 Å². The summed E-state index contributed by atoms with van der Waals surface area (Å²) in [5, 5.41) is 0. The van der Waals surface area contributed by atoms with E-state index in [0.29, 0.717) is 0 Å². The van der Waals surface area contributed by atoms with Crippen LogP contribution in [0.4, 0.5) is 0 Å². The normalized spacial score (nSPS) is 13.0. The Bertz CT molecular complexity index is 345. The molecule has 0 aromatic rings. The SMILES string of the molecule is CCC=CCC=CCC=CCCC=CCC=CCCCCCl. The molecule has 0 aromatic carbocycles. The van der Waals surface area contributed by atoms with Crippen LogP contribution in [0.25, 0.3) is 0 Å². The lowest BCUT2D eigenvalue weighted by Crippen LogP contribution is -1.73. The summed E-state index contributed by atoms with van der Waals surface area (Å²) in [5.41, 5.74) is 0. The van der Waals surface area contributed by atoms with Crippen LogP contribution in [-0.2, 0) is 0 Å². The quantitative estimate of drug-likeness (QED) is 0.176. The Balaban J connectivity index is 3.38. The van der Waals surface area contributed by atoms with Crippen LogP contribution >= 0.6 is 11.6 Å². The number of halogens is 1. The van der Waals surface area contributed by atoms with E-state index in [1.165, 1.54) is 6.42 Å². The molecule has 124 valence electrons. The Hall–Kier alpha value is -1.01. The molecule has 0 heterocycles. The molecule has 0 bridgehead atoms.